The molecule has 0 fully saturated rings. The highest BCUT2D eigenvalue weighted by Crippen LogP contribution is 2.24. The fourth-order valence-corrected chi connectivity index (χ4v) is 2.45. The van der Waals surface area contributed by atoms with E-state index in [1.54, 1.807) is 0 Å². The standard InChI is InChI=1S/C17H18ClF2N/c1-11(2)17(12-6-8-13(18)9-7-12)21-10-14-15(19)4-3-5-16(14)20/h3-9,11,17,21H,10H2,1-2H3. The Bertz CT molecular complexity index is 576. The van der Waals surface area contributed by atoms with Crippen LogP contribution in [0.5, 0.6) is 0 Å². The third-order valence-corrected chi connectivity index (χ3v) is 3.71. The normalized spacial score (nSPS) is 12.7. The van der Waals surface area contributed by atoms with Crippen LogP contribution < -0.4 is 5.32 Å². The average Bonchev–Trinajstić information content (AvgIpc) is 2.43. The van der Waals surface area contributed by atoms with Crippen molar-refractivity contribution in [3.63, 3.8) is 0 Å². The van der Waals surface area contributed by atoms with Crippen LogP contribution in [0.3, 0.4) is 0 Å². The molecule has 0 aliphatic carbocycles. The fraction of sp³-hybridized carbons (Fsp3) is 0.294. The summed E-state index contributed by atoms with van der Waals surface area (Å²) in [6.07, 6.45) is 0. The van der Waals surface area contributed by atoms with Crippen molar-refractivity contribution in [3.8, 4) is 0 Å². The third-order valence-electron chi connectivity index (χ3n) is 3.46. The molecule has 0 bridgehead atoms. The zero-order chi connectivity index (χ0) is 15.4. The van der Waals surface area contributed by atoms with E-state index >= 15 is 0 Å². The zero-order valence-electron chi connectivity index (χ0n) is 12.0. The molecule has 1 N–H and O–H groups in total. The monoisotopic (exact) mass is 309 g/mol. The smallest absolute Gasteiger partial charge is 0.130 e. The van der Waals surface area contributed by atoms with Gasteiger partial charge in [0.1, 0.15) is 11.6 Å². The third kappa shape index (κ3) is 4.02. The van der Waals surface area contributed by atoms with Gasteiger partial charge in [0.05, 0.1) is 0 Å². The van der Waals surface area contributed by atoms with E-state index in [1.807, 2.05) is 24.3 Å². The summed E-state index contributed by atoms with van der Waals surface area (Å²) >= 11 is 5.89. The Morgan fingerprint density at radius 2 is 1.57 bits per heavy atom. The molecule has 0 aliphatic heterocycles. The molecule has 0 aromatic heterocycles. The lowest BCUT2D eigenvalue weighted by Gasteiger charge is -2.23. The number of hydrogen-bond donors (Lipinski definition) is 1. The van der Waals surface area contributed by atoms with Crippen molar-refractivity contribution in [1.29, 1.82) is 0 Å². The largest absolute Gasteiger partial charge is 0.305 e. The number of hydrogen-bond acceptors (Lipinski definition) is 1. The van der Waals surface area contributed by atoms with Crippen molar-refractivity contribution >= 4 is 11.6 Å². The summed E-state index contributed by atoms with van der Waals surface area (Å²) in [6.45, 7) is 4.26. The van der Waals surface area contributed by atoms with E-state index in [4.69, 9.17) is 11.6 Å². The van der Waals surface area contributed by atoms with Gasteiger partial charge in [-0.15, -0.1) is 0 Å². The van der Waals surface area contributed by atoms with Gasteiger partial charge in [0, 0.05) is 23.2 Å². The highest BCUT2D eigenvalue weighted by atomic mass is 35.5. The summed E-state index contributed by atoms with van der Waals surface area (Å²) in [4.78, 5) is 0. The van der Waals surface area contributed by atoms with Crippen LogP contribution in [-0.4, -0.2) is 0 Å². The topological polar surface area (TPSA) is 12.0 Å². The second kappa shape index (κ2) is 7.01. The molecular formula is C17H18ClF2N. The van der Waals surface area contributed by atoms with Gasteiger partial charge >= 0.3 is 0 Å². The van der Waals surface area contributed by atoms with Gasteiger partial charge in [-0.25, -0.2) is 8.78 Å². The van der Waals surface area contributed by atoms with Crippen molar-refractivity contribution in [1.82, 2.24) is 5.32 Å². The molecule has 0 heterocycles. The van der Waals surface area contributed by atoms with Crippen molar-refractivity contribution in [2.24, 2.45) is 5.92 Å². The number of halogens is 3. The molecular weight excluding hydrogens is 292 g/mol. The van der Waals surface area contributed by atoms with Crippen LogP contribution in [-0.2, 0) is 6.54 Å². The maximum Gasteiger partial charge on any atom is 0.130 e. The molecule has 4 heteroatoms. The molecule has 0 amide bonds. The predicted molar refractivity (Wildman–Crippen MR) is 82.2 cm³/mol. The second-order valence-electron chi connectivity index (χ2n) is 5.35. The number of rotatable bonds is 5. The van der Waals surface area contributed by atoms with Crippen LogP contribution >= 0.6 is 11.6 Å². The molecule has 21 heavy (non-hydrogen) atoms. The molecule has 112 valence electrons. The minimum absolute atomic E-state index is 0.00118. The molecule has 1 atom stereocenters. The lowest BCUT2D eigenvalue weighted by atomic mass is 9.96. The summed E-state index contributed by atoms with van der Waals surface area (Å²) < 4.78 is 27.3. The Labute approximate surface area is 128 Å². The average molecular weight is 310 g/mol. The molecule has 0 radical (unpaired) electrons. The van der Waals surface area contributed by atoms with E-state index < -0.39 is 11.6 Å². The summed E-state index contributed by atoms with van der Waals surface area (Å²) in [5.41, 5.74) is 1.11. The first-order valence-electron chi connectivity index (χ1n) is 6.90. The van der Waals surface area contributed by atoms with Crippen molar-refractivity contribution < 1.29 is 8.78 Å². The molecule has 0 aliphatic rings. The predicted octanol–water partition coefficient (Wildman–Crippen LogP) is 5.11. The highest BCUT2D eigenvalue weighted by molar-refractivity contribution is 6.30. The summed E-state index contributed by atoms with van der Waals surface area (Å²) in [7, 11) is 0. The number of nitrogens with one attached hydrogen (secondary N) is 1. The lowest BCUT2D eigenvalue weighted by molar-refractivity contribution is 0.401. The molecule has 2 aromatic rings. The van der Waals surface area contributed by atoms with Crippen LogP contribution in [0.1, 0.15) is 31.0 Å². The molecule has 2 rings (SSSR count). The first kappa shape index (κ1) is 15.9. The first-order valence-corrected chi connectivity index (χ1v) is 7.28. The minimum atomic E-state index is -0.527. The van der Waals surface area contributed by atoms with E-state index in [1.165, 1.54) is 18.2 Å². The first-order chi connectivity index (χ1) is 9.99. The van der Waals surface area contributed by atoms with Crippen LogP contribution in [0.4, 0.5) is 8.78 Å². The van der Waals surface area contributed by atoms with Crippen LogP contribution in [0.2, 0.25) is 5.02 Å². The van der Waals surface area contributed by atoms with Gasteiger partial charge in [-0.1, -0.05) is 43.6 Å². The Hall–Kier alpha value is -1.45. The molecule has 0 saturated heterocycles. The molecule has 2 aromatic carbocycles. The minimum Gasteiger partial charge on any atom is -0.305 e. The van der Waals surface area contributed by atoms with Gasteiger partial charge in [0.2, 0.25) is 0 Å². The summed E-state index contributed by atoms with van der Waals surface area (Å²) in [6, 6.07) is 11.4. The molecule has 1 unspecified atom stereocenters. The SMILES string of the molecule is CC(C)C(NCc1c(F)cccc1F)c1ccc(Cl)cc1. The van der Waals surface area contributed by atoms with Gasteiger partial charge in [0.25, 0.3) is 0 Å². The van der Waals surface area contributed by atoms with Gasteiger partial charge in [-0.05, 0) is 35.7 Å². The van der Waals surface area contributed by atoms with E-state index in [-0.39, 0.29) is 24.1 Å². The Balaban J connectivity index is 2.16. The van der Waals surface area contributed by atoms with Gasteiger partial charge in [-0.3, -0.25) is 0 Å². The van der Waals surface area contributed by atoms with Gasteiger partial charge < -0.3 is 5.32 Å². The van der Waals surface area contributed by atoms with Crippen molar-refractivity contribution in [2.45, 2.75) is 26.4 Å². The quantitative estimate of drug-likeness (QED) is 0.809. The molecule has 0 spiro atoms. The van der Waals surface area contributed by atoms with Crippen LogP contribution in [0.25, 0.3) is 0 Å². The maximum atomic E-state index is 13.7. The molecule has 0 saturated carbocycles. The lowest BCUT2D eigenvalue weighted by Crippen LogP contribution is -2.26. The van der Waals surface area contributed by atoms with E-state index in [0.717, 1.165) is 5.56 Å². The summed E-state index contributed by atoms with van der Waals surface area (Å²) in [5, 5.41) is 3.90. The number of benzene rings is 2. The van der Waals surface area contributed by atoms with Crippen molar-refractivity contribution in [2.75, 3.05) is 0 Å². The Kier molecular flexibility index (Phi) is 5.32. The van der Waals surface area contributed by atoms with E-state index in [2.05, 4.69) is 19.2 Å². The van der Waals surface area contributed by atoms with Crippen molar-refractivity contribution in [3.05, 3.63) is 70.2 Å². The Morgan fingerprint density at radius 3 is 2.10 bits per heavy atom. The Morgan fingerprint density at radius 1 is 1.00 bits per heavy atom. The van der Waals surface area contributed by atoms with Gasteiger partial charge in [0.15, 0.2) is 0 Å². The van der Waals surface area contributed by atoms with Crippen LogP contribution in [0.15, 0.2) is 42.5 Å². The maximum absolute atomic E-state index is 13.7. The van der Waals surface area contributed by atoms with E-state index in [0.29, 0.717) is 5.02 Å². The highest BCUT2D eigenvalue weighted by Gasteiger charge is 2.17. The molecule has 1 nitrogen and oxygen atoms in total. The fourth-order valence-electron chi connectivity index (χ4n) is 2.32. The van der Waals surface area contributed by atoms with Gasteiger partial charge in [-0.2, -0.15) is 0 Å². The summed E-state index contributed by atoms with van der Waals surface area (Å²) in [5.74, 6) is -0.775. The zero-order valence-corrected chi connectivity index (χ0v) is 12.8. The van der Waals surface area contributed by atoms with E-state index in [9.17, 15) is 8.78 Å². The van der Waals surface area contributed by atoms with Crippen LogP contribution in [0, 0.1) is 17.6 Å². The second-order valence-corrected chi connectivity index (χ2v) is 5.79.